The summed E-state index contributed by atoms with van der Waals surface area (Å²) < 4.78 is 21.0. The number of para-hydroxylation sites is 1. The van der Waals surface area contributed by atoms with Crippen LogP contribution in [0.4, 0.5) is 4.39 Å². The number of rotatable bonds is 4. The molecule has 25 heavy (non-hydrogen) atoms. The van der Waals surface area contributed by atoms with Crippen LogP contribution in [0.3, 0.4) is 0 Å². The van der Waals surface area contributed by atoms with Crippen LogP contribution in [0.25, 0.3) is 11.1 Å². The summed E-state index contributed by atoms with van der Waals surface area (Å²) in [4.78, 5) is 0. The van der Waals surface area contributed by atoms with Crippen molar-refractivity contribution in [3.8, 4) is 28.7 Å². The minimum Gasteiger partial charge on any atom is -0.455 e. The van der Waals surface area contributed by atoms with Gasteiger partial charge in [-0.05, 0) is 45.8 Å². The van der Waals surface area contributed by atoms with Crippen LogP contribution in [0.5, 0.6) is 11.5 Å². The quantitative estimate of drug-likeness (QED) is 0.639. The maximum Gasteiger partial charge on any atom is 0.145 e. The molecule has 0 saturated heterocycles. The fourth-order valence-corrected chi connectivity index (χ4v) is 2.84. The van der Waals surface area contributed by atoms with E-state index in [-0.39, 0.29) is 17.7 Å². The van der Waals surface area contributed by atoms with Crippen molar-refractivity contribution >= 4 is 15.9 Å². The molecule has 0 atom stereocenters. The van der Waals surface area contributed by atoms with Crippen molar-refractivity contribution in [2.24, 2.45) is 0 Å². The fraction of sp³-hybridized carbons (Fsp3) is 0.0500. The molecule has 0 aliphatic heterocycles. The number of benzene rings is 3. The van der Waals surface area contributed by atoms with E-state index in [2.05, 4.69) is 22.0 Å². The fourth-order valence-electron chi connectivity index (χ4n) is 2.48. The summed E-state index contributed by atoms with van der Waals surface area (Å²) in [6.45, 7) is -0.243. The zero-order chi connectivity index (χ0) is 17.8. The third-order valence-corrected chi connectivity index (χ3v) is 4.36. The standard InChI is InChI=1S/C20H13BrFNO2/c21-17-5-1-2-6-20(17)25-19-7-3-4-14(16(19)11-23)15-9-8-13(12-24)10-18(15)22/h1-10,24H,12H2. The Balaban J connectivity index is 2.08. The lowest BCUT2D eigenvalue weighted by molar-refractivity contribution is 0.281. The molecule has 1 N–H and O–H groups in total. The first-order chi connectivity index (χ1) is 12.1. The number of aliphatic hydroxyl groups is 1. The van der Waals surface area contributed by atoms with Crippen molar-refractivity contribution in [1.29, 1.82) is 5.26 Å². The molecule has 0 heterocycles. The van der Waals surface area contributed by atoms with E-state index in [4.69, 9.17) is 9.84 Å². The molecule has 124 valence electrons. The first kappa shape index (κ1) is 17.2. The summed E-state index contributed by atoms with van der Waals surface area (Å²) in [5.74, 6) is 0.408. The van der Waals surface area contributed by atoms with Crippen LogP contribution in [0.15, 0.2) is 65.1 Å². The summed E-state index contributed by atoms with van der Waals surface area (Å²) in [5.41, 5.74) is 1.44. The Morgan fingerprint density at radius 3 is 2.44 bits per heavy atom. The summed E-state index contributed by atoms with van der Waals surface area (Å²) in [6.07, 6.45) is 0. The molecule has 0 aliphatic carbocycles. The maximum absolute atomic E-state index is 14.4. The summed E-state index contributed by atoms with van der Waals surface area (Å²) >= 11 is 3.40. The van der Waals surface area contributed by atoms with Gasteiger partial charge in [0.2, 0.25) is 0 Å². The van der Waals surface area contributed by atoms with Gasteiger partial charge >= 0.3 is 0 Å². The average molecular weight is 398 g/mol. The molecule has 0 fully saturated rings. The van der Waals surface area contributed by atoms with Gasteiger partial charge in [0, 0.05) is 11.1 Å². The highest BCUT2D eigenvalue weighted by Crippen LogP contribution is 2.36. The minimum absolute atomic E-state index is 0.243. The molecular weight excluding hydrogens is 385 g/mol. The Hall–Kier alpha value is -2.68. The third-order valence-electron chi connectivity index (χ3n) is 3.70. The van der Waals surface area contributed by atoms with E-state index in [9.17, 15) is 9.65 Å². The van der Waals surface area contributed by atoms with Crippen molar-refractivity contribution in [2.75, 3.05) is 0 Å². The van der Waals surface area contributed by atoms with E-state index < -0.39 is 5.82 Å². The van der Waals surface area contributed by atoms with Gasteiger partial charge in [0.25, 0.3) is 0 Å². The summed E-state index contributed by atoms with van der Waals surface area (Å²) in [5, 5.41) is 18.7. The number of hydrogen-bond donors (Lipinski definition) is 1. The Morgan fingerprint density at radius 1 is 1.00 bits per heavy atom. The first-order valence-electron chi connectivity index (χ1n) is 7.49. The van der Waals surface area contributed by atoms with Crippen molar-refractivity contribution in [3.05, 3.63) is 82.1 Å². The minimum atomic E-state index is -0.499. The van der Waals surface area contributed by atoms with Crippen LogP contribution in [-0.2, 0) is 6.61 Å². The van der Waals surface area contributed by atoms with Gasteiger partial charge in [0.1, 0.15) is 28.9 Å². The highest BCUT2D eigenvalue weighted by molar-refractivity contribution is 9.10. The second-order valence-corrected chi connectivity index (χ2v) is 6.15. The Bertz CT molecular complexity index is 966. The lowest BCUT2D eigenvalue weighted by Crippen LogP contribution is -1.95. The van der Waals surface area contributed by atoms with Crippen molar-refractivity contribution in [3.63, 3.8) is 0 Å². The number of nitriles is 1. The van der Waals surface area contributed by atoms with E-state index in [0.717, 1.165) is 4.47 Å². The van der Waals surface area contributed by atoms with Crippen LogP contribution in [0.2, 0.25) is 0 Å². The molecule has 0 amide bonds. The van der Waals surface area contributed by atoms with E-state index in [0.29, 0.717) is 22.6 Å². The molecule has 3 aromatic carbocycles. The number of hydrogen-bond acceptors (Lipinski definition) is 3. The van der Waals surface area contributed by atoms with E-state index in [1.807, 2.05) is 18.2 Å². The predicted octanol–water partition coefficient (Wildman–Crippen LogP) is 5.41. The van der Waals surface area contributed by atoms with Gasteiger partial charge in [-0.15, -0.1) is 0 Å². The lowest BCUT2D eigenvalue weighted by atomic mass is 9.98. The molecule has 0 aliphatic rings. The SMILES string of the molecule is N#Cc1c(Oc2ccccc2Br)cccc1-c1ccc(CO)cc1F. The molecule has 0 bridgehead atoms. The molecule has 5 heteroatoms. The van der Waals surface area contributed by atoms with Crippen molar-refractivity contribution in [1.82, 2.24) is 0 Å². The zero-order valence-corrected chi connectivity index (χ0v) is 14.6. The average Bonchev–Trinajstić information content (AvgIpc) is 2.63. The van der Waals surface area contributed by atoms with Gasteiger partial charge in [0.15, 0.2) is 0 Å². The van der Waals surface area contributed by atoms with Gasteiger partial charge in [0.05, 0.1) is 11.1 Å². The van der Waals surface area contributed by atoms with E-state index in [1.165, 1.54) is 6.07 Å². The largest absolute Gasteiger partial charge is 0.455 e. The smallest absolute Gasteiger partial charge is 0.145 e. The second-order valence-electron chi connectivity index (χ2n) is 5.30. The number of ether oxygens (including phenoxy) is 1. The normalized spacial score (nSPS) is 10.3. The van der Waals surface area contributed by atoms with Crippen LogP contribution < -0.4 is 4.74 Å². The molecule has 0 saturated carbocycles. The van der Waals surface area contributed by atoms with E-state index in [1.54, 1.807) is 36.4 Å². The van der Waals surface area contributed by atoms with Crippen LogP contribution in [-0.4, -0.2) is 5.11 Å². The topological polar surface area (TPSA) is 53.2 Å². The van der Waals surface area contributed by atoms with Crippen LogP contribution in [0.1, 0.15) is 11.1 Å². The van der Waals surface area contributed by atoms with Gasteiger partial charge in [-0.3, -0.25) is 0 Å². The summed E-state index contributed by atoms with van der Waals surface area (Å²) in [7, 11) is 0. The van der Waals surface area contributed by atoms with E-state index >= 15 is 0 Å². The Kier molecular flexibility index (Phi) is 5.13. The van der Waals surface area contributed by atoms with Crippen LogP contribution >= 0.6 is 15.9 Å². The lowest BCUT2D eigenvalue weighted by Gasteiger charge is -2.13. The molecule has 3 nitrogen and oxygen atoms in total. The van der Waals surface area contributed by atoms with Gasteiger partial charge in [-0.1, -0.05) is 36.4 Å². The molecule has 0 spiro atoms. The molecule has 3 aromatic rings. The third kappa shape index (κ3) is 3.55. The predicted molar refractivity (Wildman–Crippen MR) is 96.7 cm³/mol. The molecule has 0 unspecified atom stereocenters. The van der Waals surface area contributed by atoms with Crippen molar-refractivity contribution in [2.45, 2.75) is 6.61 Å². The monoisotopic (exact) mass is 397 g/mol. The second kappa shape index (κ2) is 7.47. The first-order valence-corrected chi connectivity index (χ1v) is 8.28. The Morgan fingerprint density at radius 2 is 1.76 bits per heavy atom. The van der Waals surface area contributed by atoms with Gasteiger partial charge < -0.3 is 9.84 Å². The molecule has 0 aromatic heterocycles. The number of halogens is 2. The number of nitrogens with zero attached hydrogens (tertiary/aromatic N) is 1. The van der Waals surface area contributed by atoms with Crippen molar-refractivity contribution < 1.29 is 14.2 Å². The zero-order valence-electron chi connectivity index (χ0n) is 13.0. The van der Waals surface area contributed by atoms with Gasteiger partial charge in [-0.2, -0.15) is 5.26 Å². The molecular formula is C20H13BrFNO2. The molecule has 0 radical (unpaired) electrons. The highest BCUT2D eigenvalue weighted by atomic mass is 79.9. The highest BCUT2D eigenvalue weighted by Gasteiger charge is 2.15. The molecule has 3 rings (SSSR count). The number of aliphatic hydroxyl groups excluding tert-OH is 1. The van der Waals surface area contributed by atoms with Gasteiger partial charge in [-0.25, -0.2) is 4.39 Å². The maximum atomic E-state index is 14.4. The van der Waals surface area contributed by atoms with Crippen LogP contribution in [0, 0.1) is 17.1 Å². The summed E-state index contributed by atoms with van der Waals surface area (Å²) in [6, 6.07) is 18.9. The Labute approximate surface area is 153 Å².